The molecule has 0 unspecified atom stereocenters. The van der Waals surface area contributed by atoms with E-state index in [1.807, 2.05) is 11.6 Å². The Morgan fingerprint density at radius 3 is 3.05 bits per heavy atom. The lowest BCUT2D eigenvalue weighted by Crippen LogP contribution is -2.45. The fourth-order valence-corrected chi connectivity index (χ4v) is 2.82. The second-order valence-electron chi connectivity index (χ2n) is 5.42. The minimum Gasteiger partial charge on any atom is -0.461 e. The molecule has 0 radical (unpaired) electrons. The number of rotatable bonds is 3. The SMILES string of the molecule is CCc1nc2n(n1)C[C@H](N[C@@H]1C[C@H](C)OC1=O)CC2. The Hall–Kier alpha value is -1.43. The van der Waals surface area contributed by atoms with Crippen LogP contribution in [0.5, 0.6) is 0 Å². The van der Waals surface area contributed by atoms with E-state index < -0.39 is 0 Å². The topological polar surface area (TPSA) is 69.0 Å². The summed E-state index contributed by atoms with van der Waals surface area (Å²) in [6.45, 7) is 4.79. The van der Waals surface area contributed by atoms with Gasteiger partial charge in [0.05, 0.1) is 6.54 Å². The number of hydrogen-bond donors (Lipinski definition) is 1. The van der Waals surface area contributed by atoms with Crippen molar-refractivity contribution in [2.75, 3.05) is 0 Å². The summed E-state index contributed by atoms with van der Waals surface area (Å²) < 4.78 is 7.15. The molecule has 0 aliphatic carbocycles. The van der Waals surface area contributed by atoms with Gasteiger partial charge < -0.3 is 4.74 Å². The van der Waals surface area contributed by atoms with Gasteiger partial charge in [-0.1, -0.05) is 6.92 Å². The van der Waals surface area contributed by atoms with Crippen LogP contribution in [0.3, 0.4) is 0 Å². The van der Waals surface area contributed by atoms with Gasteiger partial charge in [-0.25, -0.2) is 9.67 Å². The van der Waals surface area contributed by atoms with Gasteiger partial charge in [0.15, 0.2) is 5.82 Å². The van der Waals surface area contributed by atoms with Crippen molar-refractivity contribution in [1.82, 2.24) is 20.1 Å². The zero-order valence-corrected chi connectivity index (χ0v) is 11.4. The van der Waals surface area contributed by atoms with Crippen molar-refractivity contribution in [2.24, 2.45) is 0 Å². The number of carbonyl (C=O) groups excluding carboxylic acids is 1. The monoisotopic (exact) mass is 264 g/mol. The minimum atomic E-state index is -0.157. The highest BCUT2D eigenvalue weighted by molar-refractivity contribution is 5.77. The first-order chi connectivity index (χ1) is 9.15. The number of carbonyl (C=O) groups is 1. The highest BCUT2D eigenvalue weighted by Crippen LogP contribution is 2.18. The number of nitrogens with one attached hydrogen (secondary N) is 1. The van der Waals surface area contributed by atoms with Gasteiger partial charge in [-0.2, -0.15) is 5.10 Å². The summed E-state index contributed by atoms with van der Waals surface area (Å²) in [4.78, 5) is 16.1. The lowest BCUT2D eigenvalue weighted by molar-refractivity contribution is -0.142. The van der Waals surface area contributed by atoms with Crippen LogP contribution >= 0.6 is 0 Å². The van der Waals surface area contributed by atoms with Crippen LogP contribution in [0.25, 0.3) is 0 Å². The number of ether oxygens (including phenoxy) is 1. The Kier molecular flexibility index (Phi) is 3.26. The number of aromatic nitrogens is 3. The number of esters is 1. The standard InChI is InChI=1S/C13H20N4O2/c1-3-11-15-12-5-4-9(7-17(12)16-11)14-10-6-8(2)19-13(10)18/h8-10,14H,3-7H2,1-2H3/t8-,9+,10+/m0/s1. The van der Waals surface area contributed by atoms with Crippen LogP contribution in [-0.2, 0) is 28.9 Å². The first kappa shape index (κ1) is 12.6. The highest BCUT2D eigenvalue weighted by Gasteiger charge is 2.34. The Bertz CT molecular complexity index is 485. The Balaban J connectivity index is 1.64. The van der Waals surface area contributed by atoms with E-state index in [4.69, 9.17) is 4.74 Å². The third-order valence-electron chi connectivity index (χ3n) is 3.82. The molecule has 3 atom stereocenters. The molecule has 19 heavy (non-hydrogen) atoms. The molecule has 104 valence electrons. The lowest BCUT2D eigenvalue weighted by Gasteiger charge is -2.25. The van der Waals surface area contributed by atoms with Crippen molar-refractivity contribution in [1.29, 1.82) is 0 Å². The number of fused-ring (bicyclic) bond motifs is 1. The summed E-state index contributed by atoms with van der Waals surface area (Å²) in [5.74, 6) is 1.85. The van der Waals surface area contributed by atoms with Crippen LogP contribution in [0, 0.1) is 0 Å². The van der Waals surface area contributed by atoms with E-state index in [9.17, 15) is 4.79 Å². The Morgan fingerprint density at radius 1 is 1.53 bits per heavy atom. The maximum Gasteiger partial charge on any atom is 0.323 e. The predicted molar refractivity (Wildman–Crippen MR) is 68.6 cm³/mol. The number of hydrogen-bond acceptors (Lipinski definition) is 5. The summed E-state index contributed by atoms with van der Waals surface area (Å²) in [5.41, 5.74) is 0. The van der Waals surface area contributed by atoms with Crippen LogP contribution < -0.4 is 5.32 Å². The second kappa shape index (κ2) is 4.92. The number of aryl methyl sites for hydroxylation is 2. The average Bonchev–Trinajstić information content (AvgIpc) is 2.92. The summed E-state index contributed by atoms with van der Waals surface area (Å²) in [5, 5.41) is 7.88. The van der Waals surface area contributed by atoms with Crippen LogP contribution in [-0.4, -0.2) is 38.9 Å². The second-order valence-corrected chi connectivity index (χ2v) is 5.42. The van der Waals surface area contributed by atoms with Crippen molar-refractivity contribution in [3.05, 3.63) is 11.6 Å². The van der Waals surface area contributed by atoms with E-state index in [-0.39, 0.29) is 24.2 Å². The number of cyclic esters (lactones) is 1. The third kappa shape index (κ3) is 2.49. The quantitative estimate of drug-likeness (QED) is 0.803. The molecule has 0 aromatic carbocycles. The minimum absolute atomic E-state index is 0.0298. The molecule has 1 saturated heterocycles. The van der Waals surface area contributed by atoms with Gasteiger partial charge in [0.1, 0.15) is 18.0 Å². The third-order valence-corrected chi connectivity index (χ3v) is 3.82. The summed E-state index contributed by atoms with van der Waals surface area (Å²) in [6.07, 6.45) is 3.58. The van der Waals surface area contributed by atoms with Crippen molar-refractivity contribution in [3.63, 3.8) is 0 Å². The normalized spacial score (nSPS) is 30.2. The molecule has 1 fully saturated rings. The molecule has 0 amide bonds. The van der Waals surface area contributed by atoms with Crippen LogP contribution in [0.4, 0.5) is 0 Å². The molecule has 1 N–H and O–H groups in total. The van der Waals surface area contributed by atoms with Gasteiger partial charge in [-0.15, -0.1) is 0 Å². The van der Waals surface area contributed by atoms with Gasteiger partial charge in [-0.3, -0.25) is 10.1 Å². The van der Waals surface area contributed by atoms with Gasteiger partial charge >= 0.3 is 5.97 Å². The lowest BCUT2D eigenvalue weighted by atomic mass is 10.1. The zero-order chi connectivity index (χ0) is 13.4. The highest BCUT2D eigenvalue weighted by atomic mass is 16.6. The molecule has 3 heterocycles. The van der Waals surface area contributed by atoms with Crippen molar-refractivity contribution in [2.45, 2.75) is 64.3 Å². The fraction of sp³-hybridized carbons (Fsp3) is 0.769. The molecular weight excluding hydrogens is 244 g/mol. The van der Waals surface area contributed by atoms with E-state index in [1.54, 1.807) is 0 Å². The number of nitrogens with zero attached hydrogens (tertiary/aromatic N) is 3. The van der Waals surface area contributed by atoms with Gasteiger partial charge in [0.25, 0.3) is 0 Å². The van der Waals surface area contributed by atoms with E-state index in [2.05, 4.69) is 22.3 Å². The van der Waals surface area contributed by atoms with E-state index in [0.29, 0.717) is 0 Å². The largest absolute Gasteiger partial charge is 0.461 e. The molecule has 2 aliphatic rings. The van der Waals surface area contributed by atoms with Gasteiger partial charge in [0, 0.05) is 25.3 Å². The fourth-order valence-electron chi connectivity index (χ4n) is 2.82. The first-order valence-corrected chi connectivity index (χ1v) is 7.05. The Morgan fingerprint density at radius 2 is 2.37 bits per heavy atom. The smallest absolute Gasteiger partial charge is 0.323 e. The maximum absolute atomic E-state index is 11.6. The van der Waals surface area contributed by atoms with Crippen molar-refractivity contribution >= 4 is 5.97 Å². The molecule has 0 saturated carbocycles. The van der Waals surface area contributed by atoms with Crippen LogP contribution in [0.2, 0.25) is 0 Å². The summed E-state index contributed by atoms with van der Waals surface area (Å²) >= 11 is 0. The van der Waals surface area contributed by atoms with Crippen molar-refractivity contribution in [3.8, 4) is 0 Å². The van der Waals surface area contributed by atoms with Crippen LogP contribution in [0.1, 0.15) is 38.3 Å². The van der Waals surface area contributed by atoms with E-state index >= 15 is 0 Å². The van der Waals surface area contributed by atoms with E-state index in [1.165, 1.54) is 0 Å². The zero-order valence-electron chi connectivity index (χ0n) is 11.4. The average molecular weight is 264 g/mol. The van der Waals surface area contributed by atoms with Gasteiger partial charge in [0.2, 0.25) is 0 Å². The van der Waals surface area contributed by atoms with Crippen LogP contribution in [0.15, 0.2) is 0 Å². The molecule has 0 spiro atoms. The molecular formula is C13H20N4O2. The van der Waals surface area contributed by atoms with Crippen molar-refractivity contribution < 1.29 is 9.53 Å². The first-order valence-electron chi connectivity index (χ1n) is 7.05. The maximum atomic E-state index is 11.6. The van der Waals surface area contributed by atoms with Gasteiger partial charge in [-0.05, 0) is 13.3 Å². The molecule has 6 nitrogen and oxygen atoms in total. The van der Waals surface area contributed by atoms with E-state index in [0.717, 1.165) is 43.9 Å². The predicted octanol–water partition coefficient (Wildman–Crippen LogP) is 0.449. The Labute approximate surface area is 112 Å². The summed E-state index contributed by atoms with van der Waals surface area (Å²) in [7, 11) is 0. The molecule has 6 heteroatoms. The summed E-state index contributed by atoms with van der Waals surface area (Å²) in [6, 6.07) is 0.123. The molecule has 0 bridgehead atoms. The molecule has 1 aromatic rings. The molecule has 2 aliphatic heterocycles. The molecule has 1 aromatic heterocycles. The molecule has 3 rings (SSSR count).